The first kappa shape index (κ1) is 9.72. The molecule has 0 heterocycles. The molecule has 0 aromatic rings. The van der Waals surface area contributed by atoms with Crippen molar-refractivity contribution in [3.8, 4) is 0 Å². The van der Waals surface area contributed by atoms with Crippen molar-refractivity contribution in [2.75, 3.05) is 12.5 Å². The van der Waals surface area contributed by atoms with Gasteiger partial charge in [-0.25, -0.2) is 0 Å². The minimum Gasteiger partial charge on any atom is -0.461 e. The first-order valence-electron chi connectivity index (χ1n) is 3.07. The Bertz CT molecular complexity index is 105. The fourth-order valence-corrected chi connectivity index (χ4v) is 0.469. The van der Waals surface area contributed by atoms with Crippen molar-refractivity contribution in [1.82, 2.24) is 0 Å². The maximum Gasteiger partial charge on any atom is 0.308 e. The van der Waals surface area contributed by atoms with Crippen molar-refractivity contribution >= 4 is 17.6 Å². The maximum atomic E-state index is 10.6. The quantitative estimate of drug-likeness (QED) is 0.490. The molecule has 0 aromatic carbocycles. The monoisotopic (exact) mass is 166 g/mol. The summed E-state index contributed by atoms with van der Waals surface area (Å²) >= 11 is 5.36. The van der Waals surface area contributed by atoms with Crippen molar-refractivity contribution in [1.29, 1.82) is 0 Å². The van der Waals surface area contributed by atoms with Gasteiger partial charge >= 0.3 is 5.97 Å². The van der Waals surface area contributed by atoms with Gasteiger partial charge in [-0.2, -0.15) is 0 Å². The average Bonchev–Trinajstić information content (AvgIpc) is 1.88. The number of carbonyl (C=O) groups excluding carboxylic acids is 1. The second kappa shape index (κ2) is 5.50. The molecule has 0 aromatic heterocycles. The van der Waals surface area contributed by atoms with E-state index >= 15 is 0 Å². The van der Waals surface area contributed by atoms with Gasteiger partial charge in [-0.3, -0.25) is 4.79 Å². The van der Waals surface area contributed by atoms with Crippen LogP contribution in [0, 0.1) is 0 Å². The Morgan fingerprint density at radius 2 is 2.40 bits per heavy atom. The Morgan fingerprint density at radius 1 is 1.80 bits per heavy atom. The zero-order valence-electron chi connectivity index (χ0n) is 5.84. The number of aliphatic hydroxyl groups is 1. The molecular weight excluding hydrogens is 156 g/mol. The van der Waals surface area contributed by atoms with Crippen LogP contribution in [0.3, 0.4) is 0 Å². The van der Waals surface area contributed by atoms with Crippen LogP contribution in [0.25, 0.3) is 0 Å². The van der Waals surface area contributed by atoms with E-state index in [2.05, 4.69) is 0 Å². The van der Waals surface area contributed by atoms with Crippen molar-refractivity contribution in [3.63, 3.8) is 0 Å². The van der Waals surface area contributed by atoms with E-state index in [4.69, 9.17) is 21.4 Å². The third kappa shape index (κ3) is 4.58. The van der Waals surface area contributed by atoms with Crippen molar-refractivity contribution in [3.05, 3.63) is 0 Å². The third-order valence-corrected chi connectivity index (χ3v) is 1.30. The molecule has 1 N–H and O–H groups in total. The van der Waals surface area contributed by atoms with E-state index in [0.29, 0.717) is 0 Å². The van der Waals surface area contributed by atoms with Gasteiger partial charge in [0.05, 0.1) is 18.9 Å². The molecule has 0 aliphatic carbocycles. The van der Waals surface area contributed by atoms with E-state index in [1.807, 2.05) is 0 Å². The highest BCUT2D eigenvalue weighted by molar-refractivity contribution is 6.18. The Kier molecular flexibility index (Phi) is 5.35. The number of alkyl halides is 1. The summed E-state index contributed by atoms with van der Waals surface area (Å²) in [7, 11) is 0. The van der Waals surface area contributed by atoms with E-state index in [9.17, 15) is 4.79 Å². The van der Waals surface area contributed by atoms with Crippen LogP contribution in [0.4, 0.5) is 0 Å². The van der Waals surface area contributed by atoms with Crippen molar-refractivity contribution in [2.24, 2.45) is 0 Å². The largest absolute Gasteiger partial charge is 0.461 e. The predicted octanol–water partition coefficient (Wildman–Crippen LogP) is 0.539. The molecule has 60 valence electrons. The number of hydrogen-bond acceptors (Lipinski definition) is 3. The van der Waals surface area contributed by atoms with E-state index in [-0.39, 0.29) is 25.0 Å². The molecule has 0 bridgehead atoms. The molecule has 0 saturated carbocycles. The lowest BCUT2D eigenvalue weighted by Gasteiger charge is -2.08. The van der Waals surface area contributed by atoms with Crippen LogP contribution in [0.1, 0.15) is 13.3 Å². The van der Waals surface area contributed by atoms with Gasteiger partial charge in [-0.15, -0.1) is 11.6 Å². The molecule has 0 amide bonds. The molecule has 0 fully saturated rings. The fourth-order valence-electron chi connectivity index (χ4n) is 0.406. The zero-order valence-corrected chi connectivity index (χ0v) is 6.60. The van der Waals surface area contributed by atoms with Crippen molar-refractivity contribution in [2.45, 2.75) is 19.4 Å². The summed E-state index contributed by atoms with van der Waals surface area (Å²) in [4.78, 5) is 10.6. The first-order valence-corrected chi connectivity index (χ1v) is 3.60. The normalized spacial score (nSPS) is 12.7. The van der Waals surface area contributed by atoms with E-state index in [1.54, 1.807) is 6.92 Å². The fraction of sp³-hybridized carbons (Fsp3) is 0.833. The summed E-state index contributed by atoms with van der Waals surface area (Å²) in [5.74, 6) is -0.118. The smallest absolute Gasteiger partial charge is 0.308 e. The molecule has 3 nitrogen and oxygen atoms in total. The third-order valence-electron chi connectivity index (χ3n) is 0.866. The lowest BCUT2D eigenvalue weighted by molar-refractivity contribution is -0.147. The zero-order chi connectivity index (χ0) is 7.98. The van der Waals surface area contributed by atoms with Crippen LogP contribution in [0.15, 0.2) is 0 Å². The summed E-state index contributed by atoms with van der Waals surface area (Å²) in [5, 5.41) is 8.29. The molecule has 1 atom stereocenters. The lowest BCUT2D eigenvalue weighted by Crippen LogP contribution is -2.16. The topological polar surface area (TPSA) is 46.5 Å². The average molecular weight is 167 g/mol. The minimum absolute atomic E-state index is 0.0429. The summed E-state index contributed by atoms with van der Waals surface area (Å²) in [6.45, 7) is 1.52. The summed E-state index contributed by atoms with van der Waals surface area (Å²) in [6, 6.07) is 0. The van der Waals surface area contributed by atoms with Gasteiger partial charge in [0.15, 0.2) is 0 Å². The Labute approximate surface area is 64.9 Å². The number of ether oxygens (including phenoxy) is 1. The molecular formula is C6H11ClO3. The highest BCUT2D eigenvalue weighted by Crippen LogP contribution is 1.95. The van der Waals surface area contributed by atoms with Crippen LogP contribution < -0.4 is 0 Å². The molecule has 0 spiro atoms. The van der Waals surface area contributed by atoms with Gasteiger partial charge in [0.25, 0.3) is 0 Å². The molecule has 0 radical (unpaired) electrons. The highest BCUT2D eigenvalue weighted by Gasteiger charge is 2.06. The van der Waals surface area contributed by atoms with E-state index < -0.39 is 5.97 Å². The number of rotatable bonds is 4. The number of aliphatic hydroxyl groups excluding tert-OH is 1. The predicted molar refractivity (Wildman–Crippen MR) is 38.0 cm³/mol. The second-order valence-electron chi connectivity index (χ2n) is 1.93. The number of hydrogen-bond donors (Lipinski definition) is 1. The minimum atomic E-state index is -0.407. The highest BCUT2D eigenvalue weighted by atomic mass is 35.5. The SMILES string of the molecule is CC(CCl)OC(=O)CCO. The van der Waals surface area contributed by atoms with Crippen LogP contribution in [-0.4, -0.2) is 29.7 Å². The van der Waals surface area contributed by atoms with Crippen LogP contribution in [0.5, 0.6) is 0 Å². The second-order valence-corrected chi connectivity index (χ2v) is 2.24. The molecule has 0 aliphatic rings. The van der Waals surface area contributed by atoms with Gasteiger partial charge in [-0.05, 0) is 6.92 Å². The number of esters is 1. The Morgan fingerprint density at radius 3 is 2.80 bits per heavy atom. The van der Waals surface area contributed by atoms with Crippen LogP contribution >= 0.6 is 11.6 Å². The Balaban J connectivity index is 3.37. The molecule has 4 heteroatoms. The van der Waals surface area contributed by atoms with Gasteiger partial charge in [0.1, 0.15) is 6.10 Å². The molecule has 1 unspecified atom stereocenters. The first-order chi connectivity index (χ1) is 4.70. The number of carbonyl (C=O) groups is 1. The Hall–Kier alpha value is -0.280. The summed E-state index contributed by atoms with van der Waals surface area (Å²) < 4.78 is 4.71. The molecule has 10 heavy (non-hydrogen) atoms. The van der Waals surface area contributed by atoms with E-state index in [0.717, 1.165) is 0 Å². The molecule has 0 saturated heterocycles. The van der Waals surface area contributed by atoms with Gasteiger partial charge in [0.2, 0.25) is 0 Å². The molecule has 0 rings (SSSR count). The van der Waals surface area contributed by atoms with Gasteiger partial charge in [-0.1, -0.05) is 0 Å². The lowest BCUT2D eigenvalue weighted by atomic mass is 10.4. The summed E-state index contributed by atoms with van der Waals surface area (Å²) in [5.41, 5.74) is 0. The van der Waals surface area contributed by atoms with Gasteiger partial charge in [0, 0.05) is 0 Å². The van der Waals surface area contributed by atoms with Crippen molar-refractivity contribution < 1.29 is 14.6 Å². The maximum absolute atomic E-state index is 10.6. The standard InChI is InChI=1S/C6H11ClO3/c1-5(4-7)10-6(9)2-3-8/h5,8H,2-4H2,1H3. The van der Waals surface area contributed by atoms with Crippen LogP contribution in [0.2, 0.25) is 0 Å². The van der Waals surface area contributed by atoms with Gasteiger partial charge < -0.3 is 9.84 Å². The van der Waals surface area contributed by atoms with Crippen LogP contribution in [-0.2, 0) is 9.53 Å². The van der Waals surface area contributed by atoms with E-state index in [1.165, 1.54) is 0 Å². The summed E-state index contributed by atoms with van der Waals surface area (Å²) in [6.07, 6.45) is -0.220. The number of halogens is 1. The molecule has 0 aliphatic heterocycles.